The van der Waals surface area contributed by atoms with Crippen LogP contribution in [0, 0.1) is 11.8 Å². The van der Waals surface area contributed by atoms with Gasteiger partial charge in [0.25, 0.3) is 0 Å². The fourth-order valence-electron chi connectivity index (χ4n) is 8.12. The van der Waals surface area contributed by atoms with E-state index in [9.17, 15) is 14.4 Å². The molecule has 4 heterocycles. The maximum absolute atomic E-state index is 14.2. The van der Waals surface area contributed by atoms with Gasteiger partial charge in [-0.1, -0.05) is 99.1 Å². The third kappa shape index (κ3) is 9.66. The molecule has 49 heavy (non-hydrogen) atoms. The van der Waals surface area contributed by atoms with Gasteiger partial charge in [0.2, 0.25) is 5.91 Å². The summed E-state index contributed by atoms with van der Waals surface area (Å²) in [4.78, 5) is 50.1. The normalized spacial score (nSPS) is 23.3. The van der Waals surface area contributed by atoms with Gasteiger partial charge in [-0.3, -0.25) is 9.36 Å². The van der Waals surface area contributed by atoms with Gasteiger partial charge < -0.3 is 25.0 Å². The number of rotatable bonds is 7. The first-order chi connectivity index (χ1) is 23.2. The summed E-state index contributed by atoms with van der Waals surface area (Å²) in [6, 6.07) is 6.47. The third-order valence-corrected chi connectivity index (χ3v) is 13.1. The molecule has 9 nitrogen and oxygen atoms in total. The van der Waals surface area contributed by atoms with Gasteiger partial charge >= 0.3 is 11.7 Å². The first-order valence-electron chi connectivity index (χ1n) is 17.3. The third-order valence-electron chi connectivity index (χ3n) is 10.8. The summed E-state index contributed by atoms with van der Waals surface area (Å²) in [5.74, 6) is 1.39. The molecule has 3 aliphatic heterocycles. The molecule has 14 heteroatoms. The van der Waals surface area contributed by atoms with Gasteiger partial charge in [-0.15, -0.1) is 0 Å². The van der Waals surface area contributed by atoms with Crippen molar-refractivity contribution in [3.05, 3.63) is 57.6 Å². The van der Waals surface area contributed by atoms with Crippen molar-refractivity contribution < 1.29 is 9.59 Å². The molecular weight excluding hydrogens is 907 g/mol. The first-order valence-corrected chi connectivity index (χ1v) is 20.9. The van der Waals surface area contributed by atoms with Gasteiger partial charge in [0.15, 0.2) is 0 Å². The van der Waals surface area contributed by atoms with Crippen LogP contribution in [-0.4, -0.2) is 95.0 Å². The number of aromatic nitrogens is 2. The van der Waals surface area contributed by atoms with Gasteiger partial charge in [0.1, 0.15) is 9.28 Å². The molecule has 0 unspecified atom stereocenters. The van der Waals surface area contributed by atoms with E-state index in [0.29, 0.717) is 55.4 Å². The van der Waals surface area contributed by atoms with E-state index in [2.05, 4.69) is 92.0 Å². The number of nitrogens with one attached hydrogen (secondary N) is 2. The number of alkyl halides is 4. The highest BCUT2D eigenvalue weighted by molar-refractivity contribution is 9.26. The molecule has 2 aromatic rings. The molecule has 0 saturated carbocycles. The van der Waals surface area contributed by atoms with Crippen LogP contribution >= 0.6 is 75.3 Å². The summed E-state index contributed by atoms with van der Waals surface area (Å²) in [6.45, 7) is 4.75. The number of nitrogens with zero attached hydrogens (tertiary/aromatic N) is 4. The Bertz CT molecular complexity index is 1590. The number of amides is 3. The fraction of sp³-hybridized carbons (Fsp3) is 0.629. The quantitative estimate of drug-likeness (QED) is 0.219. The summed E-state index contributed by atoms with van der Waals surface area (Å²) in [5, 5.41) is 3.77. The number of imidazole rings is 1. The van der Waals surface area contributed by atoms with Crippen LogP contribution in [0.5, 0.6) is 0 Å². The number of allylic oxidation sites excluding steroid dienone is 1. The maximum atomic E-state index is 14.2. The monoisotopic (exact) mass is 948 g/mol. The van der Waals surface area contributed by atoms with Crippen molar-refractivity contribution in [3.63, 3.8) is 0 Å². The zero-order valence-electron chi connectivity index (χ0n) is 27.8. The minimum Gasteiger partial charge on any atom is -0.341 e. The highest BCUT2D eigenvalue weighted by atomic mass is 79.9. The van der Waals surface area contributed by atoms with Crippen molar-refractivity contribution in [1.29, 1.82) is 0 Å². The van der Waals surface area contributed by atoms with E-state index in [1.54, 1.807) is 15.5 Å². The molecule has 1 aliphatic carbocycles. The van der Waals surface area contributed by atoms with E-state index in [1.807, 2.05) is 29.3 Å². The molecule has 2 N–H and O–H groups in total. The van der Waals surface area contributed by atoms with Crippen molar-refractivity contribution >= 4 is 87.3 Å². The molecule has 268 valence electrons. The Morgan fingerprint density at radius 1 is 0.959 bits per heavy atom. The lowest BCUT2D eigenvalue weighted by atomic mass is 9.79. The minimum atomic E-state index is -0.673. The summed E-state index contributed by atoms with van der Waals surface area (Å²) < 4.78 is 0.990. The molecule has 0 radical (unpaired) electrons. The van der Waals surface area contributed by atoms with E-state index < -0.39 is 9.28 Å². The largest absolute Gasteiger partial charge is 0.341 e. The zero-order valence-corrected chi connectivity index (χ0v) is 34.9. The van der Waals surface area contributed by atoms with Crippen molar-refractivity contribution in [2.45, 2.75) is 76.3 Å². The number of urea groups is 1. The standard InChI is InChI=1S/C35H45Br4ClN6O3/c1-43-11-5-24(6-12-43)25-7-13-44(14-8-25)31(47)29(17-23-19-34(36,37)22-35(38,39)20-23)41-32(48)45-15-9-28(10-16-45)46-21-30(42-33(46)49)26-3-2-4-27(40)18-26/h2-4,18-19,21,24-25,28-29H,5-17,20,22H2,1H3,(H,41,48)(H,42,49)/t29-/m1/s1. The van der Waals surface area contributed by atoms with Gasteiger partial charge in [-0.2, -0.15) is 0 Å². The Labute approximate surface area is 327 Å². The fourth-order valence-corrected chi connectivity index (χ4v) is 13.0. The number of benzene rings is 1. The van der Waals surface area contributed by atoms with E-state index >= 15 is 0 Å². The summed E-state index contributed by atoms with van der Waals surface area (Å²) in [6.07, 6.45) is 11.7. The SMILES string of the molecule is CN1CCC(C2CCN(C(=O)[C@@H](CC3=CC(Br)(Br)CC(Br)(Br)C3)NC(=O)N3CCC(n4cc(-c5cccc(Cl)c5)[nH]c4=O)CC3)CC2)CC1. The number of aromatic amines is 1. The highest BCUT2D eigenvalue weighted by Crippen LogP contribution is 2.51. The molecule has 1 aromatic carbocycles. The zero-order chi connectivity index (χ0) is 34.9. The summed E-state index contributed by atoms with van der Waals surface area (Å²) in [5.41, 5.74) is 2.47. The van der Waals surface area contributed by atoms with Gasteiger partial charge in [0, 0.05) is 55.4 Å². The van der Waals surface area contributed by atoms with E-state index in [0.717, 1.165) is 62.5 Å². The predicted octanol–water partition coefficient (Wildman–Crippen LogP) is 7.87. The van der Waals surface area contributed by atoms with Crippen LogP contribution in [0.1, 0.15) is 63.8 Å². The minimum absolute atomic E-state index is 0.00607. The Balaban J connectivity index is 1.11. The van der Waals surface area contributed by atoms with Crippen LogP contribution in [0.3, 0.4) is 0 Å². The Morgan fingerprint density at radius 2 is 1.59 bits per heavy atom. The van der Waals surface area contributed by atoms with Crippen LogP contribution < -0.4 is 11.0 Å². The Hall–Kier alpha value is -1.12. The molecule has 3 saturated heterocycles. The lowest BCUT2D eigenvalue weighted by molar-refractivity contribution is -0.135. The van der Waals surface area contributed by atoms with Crippen molar-refractivity contribution in [3.8, 4) is 11.3 Å². The van der Waals surface area contributed by atoms with Crippen molar-refractivity contribution in [2.75, 3.05) is 46.3 Å². The average Bonchev–Trinajstić information content (AvgIpc) is 3.44. The summed E-state index contributed by atoms with van der Waals surface area (Å²) >= 11 is 21.3. The molecular formula is C35H45Br4ClN6O3. The van der Waals surface area contributed by atoms with Gasteiger partial charge in [-0.05, 0) is 95.5 Å². The van der Waals surface area contributed by atoms with Crippen LogP contribution in [0.15, 0.2) is 46.9 Å². The number of likely N-dealkylation sites (tertiary alicyclic amines) is 3. The second-order valence-corrected chi connectivity index (χ2v) is 22.8. The number of H-pyrrole nitrogens is 1. The molecule has 4 aliphatic rings. The number of halogens is 5. The van der Waals surface area contributed by atoms with Crippen LogP contribution in [0.2, 0.25) is 5.02 Å². The lowest BCUT2D eigenvalue weighted by Gasteiger charge is -2.41. The number of hydrogen-bond donors (Lipinski definition) is 2. The van der Waals surface area contributed by atoms with Crippen LogP contribution in [-0.2, 0) is 4.79 Å². The Morgan fingerprint density at radius 3 is 2.22 bits per heavy atom. The lowest BCUT2D eigenvalue weighted by Crippen LogP contribution is -2.55. The highest BCUT2D eigenvalue weighted by Gasteiger charge is 2.41. The molecule has 1 aromatic heterocycles. The molecule has 6 rings (SSSR count). The topological polar surface area (TPSA) is 93.7 Å². The Kier molecular flexibility index (Phi) is 12.2. The van der Waals surface area contributed by atoms with E-state index in [-0.39, 0.29) is 26.9 Å². The van der Waals surface area contributed by atoms with Gasteiger partial charge in [0.05, 0.1) is 8.93 Å². The smallest absolute Gasteiger partial charge is 0.326 e. The van der Waals surface area contributed by atoms with E-state index in [4.69, 9.17) is 11.6 Å². The number of hydrogen-bond acceptors (Lipinski definition) is 4. The van der Waals surface area contributed by atoms with E-state index in [1.165, 1.54) is 12.8 Å². The number of carbonyl (C=O) groups excluding carboxylic acids is 2. The molecule has 0 spiro atoms. The second kappa shape index (κ2) is 15.9. The average molecular weight is 953 g/mol. The second-order valence-electron chi connectivity index (χ2n) is 14.4. The van der Waals surface area contributed by atoms with Crippen LogP contribution in [0.25, 0.3) is 11.3 Å². The molecule has 3 fully saturated rings. The van der Waals surface area contributed by atoms with Gasteiger partial charge in [-0.25, -0.2) is 9.59 Å². The first kappa shape index (κ1) is 37.6. The molecule has 1 atom stereocenters. The number of piperidine rings is 3. The van der Waals surface area contributed by atoms with Crippen LogP contribution in [0.4, 0.5) is 4.79 Å². The maximum Gasteiger partial charge on any atom is 0.326 e. The molecule has 0 bridgehead atoms. The number of carbonyl (C=O) groups is 2. The predicted molar refractivity (Wildman–Crippen MR) is 210 cm³/mol. The summed E-state index contributed by atoms with van der Waals surface area (Å²) in [7, 11) is 2.20. The van der Waals surface area contributed by atoms with Crippen molar-refractivity contribution in [1.82, 2.24) is 29.6 Å². The molecule has 3 amide bonds. The van der Waals surface area contributed by atoms with Crippen molar-refractivity contribution in [2.24, 2.45) is 11.8 Å².